The van der Waals surface area contributed by atoms with Gasteiger partial charge in [-0.3, -0.25) is 4.79 Å². The molecule has 1 aliphatic carbocycles. The molecule has 1 aliphatic heterocycles. The van der Waals surface area contributed by atoms with Crippen molar-refractivity contribution in [3.05, 3.63) is 57.5 Å². The summed E-state index contributed by atoms with van der Waals surface area (Å²) in [6.45, 7) is 4.06. The van der Waals surface area contributed by atoms with Crippen LogP contribution in [-0.2, 0) is 0 Å². The van der Waals surface area contributed by atoms with Crippen LogP contribution in [0.4, 0.5) is 4.39 Å². The lowest BCUT2D eigenvalue weighted by Gasteiger charge is -2.33. The third-order valence-electron chi connectivity index (χ3n) is 5.44. The Morgan fingerprint density at radius 2 is 1.90 bits per heavy atom. The molecule has 0 atom stereocenters. The average molecular weight is 432 g/mol. The summed E-state index contributed by atoms with van der Waals surface area (Å²) in [5.41, 5.74) is 14.8. The number of hydrogen-bond acceptors (Lipinski definition) is 6. The maximum atomic E-state index is 13.8. The van der Waals surface area contributed by atoms with Crippen LogP contribution in [-0.4, -0.2) is 46.0 Å². The Kier molecular flexibility index (Phi) is 5.38. The summed E-state index contributed by atoms with van der Waals surface area (Å²) in [5, 5.41) is 0.507. The molecule has 1 aromatic carbocycles. The molecule has 30 heavy (non-hydrogen) atoms. The van der Waals surface area contributed by atoms with Crippen molar-refractivity contribution in [2.75, 3.05) is 13.1 Å². The Morgan fingerprint density at radius 3 is 2.53 bits per heavy atom. The number of carbonyl (C=O) groups is 1. The van der Waals surface area contributed by atoms with Crippen LogP contribution in [0, 0.1) is 19.7 Å². The summed E-state index contributed by atoms with van der Waals surface area (Å²) in [6.07, 6.45) is 1.25. The highest BCUT2D eigenvalue weighted by molar-refractivity contribution is 6.31. The number of nitrogens with two attached hydrogens (primary N) is 2. The van der Waals surface area contributed by atoms with E-state index < -0.39 is 5.82 Å². The zero-order valence-electron chi connectivity index (χ0n) is 16.8. The second kappa shape index (κ2) is 7.85. The van der Waals surface area contributed by atoms with Crippen molar-refractivity contribution in [1.29, 1.82) is 0 Å². The van der Waals surface area contributed by atoms with Crippen molar-refractivity contribution < 1.29 is 13.9 Å². The highest BCUT2D eigenvalue weighted by Gasteiger charge is 2.32. The van der Waals surface area contributed by atoms with Crippen molar-refractivity contribution >= 4 is 23.1 Å². The van der Waals surface area contributed by atoms with Gasteiger partial charge in [0.25, 0.3) is 5.91 Å². The van der Waals surface area contributed by atoms with Crippen LogP contribution in [0.5, 0.6) is 5.75 Å². The van der Waals surface area contributed by atoms with Gasteiger partial charge < -0.3 is 21.1 Å². The molecule has 2 aliphatic rings. The highest BCUT2D eigenvalue weighted by Crippen LogP contribution is 2.31. The van der Waals surface area contributed by atoms with Gasteiger partial charge in [0.2, 0.25) is 0 Å². The van der Waals surface area contributed by atoms with Gasteiger partial charge in [-0.2, -0.15) is 0 Å². The lowest BCUT2D eigenvalue weighted by molar-refractivity contribution is 0.0767. The molecule has 0 bridgehead atoms. The number of carbonyl (C=O) groups excluding carboxylic acids is 1. The topological polar surface area (TPSA) is 107 Å². The summed E-state index contributed by atoms with van der Waals surface area (Å²) < 4.78 is 19.7. The van der Waals surface area contributed by atoms with Gasteiger partial charge in [-0.25, -0.2) is 14.4 Å². The number of amides is 1. The fourth-order valence-corrected chi connectivity index (χ4v) is 3.75. The molecule has 1 aromatic heterocycles. The van der Waals surface area contributed by atoms with Crippen LogP contribution in [0.3, 0.4) is 0 Å². The lowest BCUT2D eigenvalue weighted by atomic mass is 9.90. The zero-order valence-corrected chi connectivity index (χ0v) is 17.5. The molecule has 1 saturated carbocycles. The van der Waals surface area contributed by atoms with E-state index in [2.05, 4.69) is 9.97 Å². The second-order valence-electron chi connectivity index (χ2n) is 7.81. The van der Waals surface area contributed by atoms with Gasteiger partial charge in [-0.15, -0.1) is 0 Å². The first-order chi connectivity index (χ1) is 14.2. The summed E-state index contributed by atoms with van der Waals surface area (Å²) in [7, 11) is 0. The van der Waals surface area contributed by atoms with Crippen molar-refractivity contribution in [2.24, 2.45) is 11.5 Å². The standard InChI is InChI=1S/C21H23ClFN5O2/c1-10-19(22)11(2)27-20(26-10)16-8-28(9-17(16)25)21(29)15-4-3-12(23)5-18(15)30-14-6-13(24)7-14/h3-5,13-14H,6-9,24-25H2,1-2H3. The van der Waals surface area contributed by atoms with Gasteiger partial charge in [-0.05, 0) is 38.8 Å². The number of rotatable bonds is 4. The quantitative estimate of drug-likeness (QED) is 0.770. The fraction of sp³-hybridized carbons (Fsp3) is 0.381. The molecule has 2 heterocycles. The summed E-state index contributed by atoms with van der Waals surface area (Å²) >= 11 is 6.16. The molecule has 2 aromatic rings. The fourth-order valence-electron chi connectivity index (χ4n) is 3.67. The number of nitrogens with zero attached hydrogens (tertiary/aromatic N) is 3. The van der Waals surface area contributed by atoms with Crippen LogP contribution in [0.15, 0.2) is 23.9 Å². The van der Waals surface area contributed by atoms with E-state index in [0.29, 0.717) is 46.3 Å². The molecule has 7 nitrogen and oxygen atoms in total. The largest absolute Gasteiger partial charge is 0.489 e. The van der Waals surface area contributed by atoms with Gasteiger partial charge in [-0.1, -0.05) is 11.6 Å². The minimum absolute atomic E-state index is 0.0825. The van der Waals surface area contributed by atoms with E-state index in [1.807, 2.05) is 0 Å². The van der Waals surface area contributed by atoms with E-state index in [-0.39, 0.29) is 42.5 Å². The Bertz CT molecular complexity index is 1030. The van der Waals surface area contributed by atoms with E-state index in [1.54, 1.807) is 18.7 Å². The van der Waals surface area contributed by atoms with Crippen molar-refractivity contribution in [3.8, 4) is 5.75 Å². The summed E-state index contributed by atoms with van der Waals surface area (Å²) in [6, 6.07) is 4.00. The normalized spacial score (nSPS) is 21.0. The Morgan fingerprint density at radius 1 is 1.23 bits per heavy atom. The number of benzene rings is 1. The SMILES string of the molecule is Cc1nc(C2=C(N)CN(C(=O)c3ccc(F)cc3OC3CC(N)C3)C2)nc(C)c1Cl. The molecule has 0 saturated heterocycles. The molecule has 0 radical (unpaired) electrons. The number of aromatic nitrogens is 2. The van der Waals surface area contributed by atoms with Gasteiger partial charge >= 0.3 is 0 Å². The first-order valence-corrected chi connectivity index (χ1v) is 10.1. The van der Waals surface area contributed by atoms with Gasteiger partial charge in [0.15, 0.2) is 5.82 Å². The number of hydrogen-bond donors (Lipinski definition) is 2. The molecule has 4 N–H and O–H groups in total. The minimum Gasteiger partial charge on any atom is -0.489 e. The van der Waals surface area contributed by atoms with Crippen LogP contribution < -0.4 is 16.2 Å². The van der Waals surface area contributed by atoms with Gasteiger partial charge in [0.05, 0.1) is 35.1 Å². The monoisotopic (exact) mass is 431 g/mol. The van der Waals surface area contributed by atoms with Gasteiger partial charge in [0, 0.05) is 23.4 Å². The maximum absolute atomic E-state index is 13.8. The molecular formula is C21H23ClFN5O2. The van der Waals surface area contributed by atoms with E-state index in [0.717, 1.165) is 0 Å². The molecule has 0 unspecified atom stereocenters. The smallest absolute Gasteiger partial charge is 0.258 e. The first-order valence-electron chi connectivity index (χ1n) is 9.72. The third-order valence-corrected chi connectivity index (χ3v) is 5.98. The van der Waals surface area contributed by atoms with Crippen LogP contribution in [0.2, 0.25) is 5.02 Å². The third kappa shape index (κ3) is 3.85. The zero-order chi connectivity index (χ0) is 21.6. The molecule has 0 spiro atoms. The second-order valence-corrected chi connectivity index (χ2v) is 8.19. The van der Waals surface area contributed by atoms with Crippen LogP contribution in [0.25, 0.3) is 5.57 Å². The van der Waals surface area contributed by atoms with Gasteiger partial charge in [0.1, 0.15) is 17.7 Å². The van der Waals surface area contributed by atoms with E-state index in [9.17, 15) is 9.18 Å². The Hall–Kier alpha value is -2.71. The lowest BCUT2D eigenvalue weighted by Crippen LogP contribution is -2.43. The highest BCUT2D eigenvalue weighted by atomic mass is 35.5. The molecular weight excluding hydrogens is 409 g/mol. The predicted molar refractivity (Wildman–Crippen MR) is 112 cm³/mol. The Labute approximate surface area is 178 Å². The van der Waals surface area contributed by atoms with Crippen molar-refractivity contribution in [1.82, 2.24) is 14.9 Å². The summed E-state index contributed by atoms with van der Waals surface area (Å²) in [4.78, 5) is 23.6. The first kappa shape index (κ1) is 20.6. The Balaban J connectivity index is 1.56. The average Bonchev–Trinajstić information content (AvgIpc) is 3.06. The van der Waals surface area contributed by atoms with Crippen LogP contribution in [0.1, 0.15) is 40.4 Å². The number of aryl methyl sites for hydroxylation is 2. The molecule has 1 amide bonds. The molecule has 9 heteroatoms. The molecule has 1 fully saturated rings. The predicted octanol–water partition coefficient (Wildman–Crippen LogP) is 2.58. The van der Waals surface area contributed by atoms with E-state index >= 15 is 0 Å². The van der Waals surface area contributed by atoms with Crippen molar-refractivity contribution in [3.63, 3.8) is 0 Å². The maximum Gasteiger partial charge on any atom is 0.258 e. The van der Waals surface area contributed by atoms with Crippen LogP contribution >= 0.6 is 11.6 Å². The molecule has 4 rings (SSSR count). The van der Waals surface area contributed by atoms with E-state index in [4.69, 9.17) is 27.8 Å². The van der Waals surface area contributed by atoms with E-state index in [1.165, 1.54) is 18.2 Å². The minimum atomic E-state index is -0.467. The number of halogens is 2. The van der Waals surface area contributed by atoms with Crippen molar-refractivity contribution in [2.45, 2.75) is 38.8 Å². The molecule has 158 valence electrons. The summed E-state index contributed by atoms with van der Waals surface area (Å²) in [5.74, 6) is -0.0843. The number of ether oxygens (including phenoxy) is 1.